The Morgan fingerprint density at radius 2 is 2.26 bits per heavy atom. The molecule has 6 heteroatoms. The van der Waals surface area contributed by atoms with Gasteiger partial charge in [0.05, 0.1) is 12.7 Å². The van der Waals surface area contributed by atoms with Crippen LogP contribution in [0.3, 0.4) is 0 Å². The summed E-state index contributed by atoms with van der Waals surface area (Å²) < 4.78 is 5.12. The van der Waals surface area contributed by atoms with Crippen molar-refractivity contribution in [1.82, 2.24) is 14.8 Å². The third-order valence-corrected chi connectivity index (χ3v) is 3.32. The van der Waals surface area contributed by atoms with Gasteiger partial charge in [-0.1, -0.05) is 6.07 Å². The van der Waals surface area contributed by atoms with Gasteiger partial charge in [-0.3, -0.25) is 14.6 Å². The highest BCUT2D eigenvalue weighted by atomic mass is 16.6. The van der Waals surface area contributed by atoms with E-state index in [0.717, 1.165) is 6.61 Å². The number of ether oxygens (including phenoxy) is 1. The zero-order valence-electron chi connectivity index (χ0n) is 10.5. The van der Waals surface area contributed by atoms with Crippen LogP contribution in [0.2, 0.25) is 0 Å². The van der Waals surface area contributed by atoms with E-state index in [-0.39, 0.29) is 24.5 Å². The Balaban J connectivity index is 1.61. The number of hydrogen-bond acceptors (Lipinski definition) is 4. The highest BCUT2D eigenvalue weighted by molar-refractivity contribution is 5.95. The monoisotopic (exact) mass is 261 g/mol. The Morgan fingerprint density at radius 3 is 2.89 bits per heavy atom. The highest BCUT2D eigenvalue weighted by Gasteiger charge is 2.32. The number of nitrogens with zero attached hydrogens (tertiary/aromatic N) is 3. The zero-order valence-corrected chi connectivity index (χ0v) is 10.5. The molecule has 2 saturated heterocycles. The van der Waals surface area contributed by atoms with Gasteiger partial charge >= 0.3 is 0 Å². The maximum absolute atomic E-state index is 12.2. The summed E-state index contributed by atoms with van der Waals surface area (Å²) in [6, 6.07) is 5.19. The lowest BCUT2D eigenvalue weighted by Gasteiger charge is -2.33. The molecule has 0 spiro atoms. The maximum Gasteiger partial charge on any atom is 0.272 e. The molecule has 1 aromatic heterocycles. The molecule has 1 aromatic rings. The summed E-state index contributed by atoms with van der Waals surface area (Å²) in [5, 5.41) is 0. The molecular weight excluding hydrogens is 246 g/mol. The number of pyridine rings is 1. The maximum atomic E-state index is 12.2. The molecule has 0 aliphatic carbocycles. The molecule has 2 fully saturated rings. The predicted molar refractivity (Wildman–Crippen MR) is 66.5 cm³/mol. The van der Waals surface area contributed by atoms with Gasteiger partial charge in [-0.2, -0.15) is 0 Å². The molecule has 3 heterocycles. The van der Waals surface area contributed by atoms with Crippen LogP contribution < -0.4 is 0 Å². The van der Waals surface area contributed by atoms with Gasteiger partial charge in [0.1, 0.15) is 12.2 Å². The lowest BCUT2D eigenvalue weighted by atomic mass is 10.2. The van der Waals surface area contributed by atoms with Crippen molar-refractivity contribution >= 4 is 11.8 Å². The molecule has 2 aliphatic rings. The molecule has 0 radical (unpaired) electrons. The van der Waals surface area contributed by atoms with Gasteiger partial charge < -0.3 is 14.5 Å². The minimum absolute atomic E-state index is 0.0222. The molecule has 2 amide bonds. The number of epoxide rings is 1. The van der Waals surface area contributed by atoms with Crippen molar-refractivity contribution in [3.63, 3.8) is 0 Å². The largest absolute Gasteiger partial charge is 0.371 e. The van der Waals surface area contributed by atoms with Crippen molar-refractivity contribution in [1.29, 1.82) is 0 Å². The molecule has 0 bridgehead atoms. The van der Waals surface area contributed by atoms with E-state index in [1.807, 2.05) is 0 Å². The summed E-state index contributed by atoms with van der Waals surface area (Å²) >= 11 is 0. The van der Waals surface area contributed by atoms with E-state index in [1.165, 1.54) is 0 Å². The van der Waals surface area contributed by atoms with Gasteiger partial charge in [0.15, 0.2) is 0 Å². The average molecular weight is 261 g/mol. The minimum Gasteiger partial charge on any atom is -0.371 e. The topological polar surface area (TPSA) is 66.0 Å². The first-order valence-electron chi connectivity index (χ1n) is 6.34. The molecule has 6 nitrogen and oxygen atoms in total. The first kappa shape index (κ1) is 12.1. The van der Waals surface area contributed by atoms with E-state index in [9.17, 15) is 9.59 Å². The second-order valence-corrected chi connectivity index (χ2v) is 4.74. The number of carbonyl (C=O) groups excluding carboxylic acids is 2. The summed E-state index contributed by atoms with van der Waals surface area (Å²) in [7, 11) is 0. The SMILES string of the molecule is O=C1CN(C(=O)c2ccccn2)CCN1C[C@H]1CO1. The van der Waals surface area contributed by atoms with Crippen LogP contribution >= 0.6 is 0 Å². The average Bonchev–Trinajstić information content (AvgIpc) is 3.25. The molecule has 100 valence electrons. The quantitative estimate of drug-likeness (QED) is 0.705. The summed E-state index contributed by atoms with van der Waals surface area (Å²) in [4.78, 5) is 31.4. The summed E-state index contributed by atoms with van der Waals surface area (Å²) in [5.41, 5.74) is 0.384. The zero-order chi connectivity index (χ0) is 13.2. The van der Waals surface area contributed by atoms with E-state index in [1.54, 1.807) is 34.2 Å². The van der Waals surface area contributed by atoms with Crippen LogP contribution in [0.4, 0.5) is 0 Å². The van der Waals surface area contributed by atoms with Gasteiger partial charge in [0.25, 0.3) is 5.91 Å². The summed E-state index contributed by atoms with van der Waals surface area (Å²) in [5.74, 6) is -0.206. The van der Waals surface area contributed by atoms with E-state index < -0.39 is 0 Å². The molecule has 0 saturated carbocycles. The molecule has 2 aliphatic heterocycles. The normalized spacial score (nSPS) is 22.5. The van der Waals surface area contributed by atoms with Crippen molar-refractivity contribution in [2.24, 2.45) is 0 Å². The van der Waals surface area contributed by atoms with Crippen molar-refractivity contribution in [3.05, 3.63) is 30.1 Å². The van der Waals surface area contributed by atoms with Crippen molar-refractivity contribution in [2.45, 2.75) is 6.10 Å². The fraction of sp³-hybridized carbons (Fsp3) is 0.462. The molecule has 1 atom stereocenters. The van der Waals surface area contributed by atoms with Crippen LogP contribution in [-0.4, -0.2) is 65.5 Å². The van der Waals surface area contributed by atoms with Crippen LogP contribution in [0.1, 0.15) is 10.5 Å². The molecule has 0 N–H and O–H groups in total. The number of piperazine rings is 1. The van der Waals surface area contributed by atoms with E-state index in [0.29, 0.717) is 25.3 Å². The lowest BCUT2D eigenvalue weighted by Crippen LogP contribution is -2.53. The van der Waals surface area contributed by atoms with Crippen molar-refractivity contribution < 1.29 is 14.3 Å². The lowest BCUT2D eigenvalue weighted by molar-refractivity contribution is -0.135. The first-order valence-corrected chi connectivity index (χ1v) is 6.34. The number of carbonyl (C=O) groups is 2. The standard InChI is InChI=1S/C13H15N3O3/c17-12-8-16(6-5-15(12)7-10-9-19-10)13(18)11-3-1-2-4-14-11/h1-4,10H,5-9H2/t10-/m0/s1. The van der Waals surface area contributed by atoms with E-state index >= 15 is 0 Å². The predicted octanol–water partition coefficient (Wildman–Crippen LogP) is -0.235. The van der Waals surface area contributed by atoms with E-state index in [4.69, 9.17) is 4.74 Å². The molecule has 0 unspecified atom stereocenters. The Hall–Kier alpha value is -1.95. The van der Waals surface area contributed by atoms with E-state index in [2.05, 4.69) is 4.98 Å². The van der Waals surface area contributed by atoms with Crippen LogP contribution in [0.25, 0.3) is 0 Å². The van der Waals surface area contributed by atoms with Gasteiger partial charge in [0.2, 0.25) is 5.91 Å². The van der Waals surface area contributed by atoms with Gasteiger partial charge in [0, 0.05) is 25.8 Å². The van der Waals surface area contributed by atoms with Crippen LogP contribution in [0.15, 0.2) is 24.4 Å². The van der Waals surface area contributed by atoms with Gasteiger partial charge in [-0.25, -0.2) is 0 Å². The second-order valence-electron chi connectivity index (χ2n) is 4.74. The fourth-order valence-electron chi connectivity index (χ4n) is 2.15. The Morgan fingerprint density at radius 1 is 1.42 bits per heavy atom. The van der Waals surface area contributed by atoms with Crippen LogP contribution in [-0.2, 0) is 9.53 Å². The first-order chi connectivity index (χ1) is 9.24. The second kappa shape index (κ2) is 4.97. The minimum atomic E-state index is -0.184. The Labute approximate surface area is 111 Å². The third kappa shape index (κ3) is 2.73. The van der Waals surface area contributed by atoms with Crippen LogP contribution in [0, 0.1) is 0 Å². The smallest absolute Gasteiger partial charge is 0.272 e. The highest BCUT2D eigenvalue weighted by Crippen LogP contribution is 2.14. The van der Waals surface area contributed by atoms with Crippen molar-refractivity contribution in [3.8, 4) is 0 Å². The molecule has 0 aromatic carbocycles. The number of hydrogen-bond donors (Lipinski definition) is 0. The number of amides is 2. The third-order valence-electron chi connectivity index (χ3n) is 3.32. The molecular formula is C13H15N3O3. The van der Waals surface area contributed by atoms with Gasteiger partial charge in [-0.05, 0) is 12.1 Å². The number of aromatic nitrogens is 1. The summed E-state index contributed by atoms with van der Waals surface area (Å²) in [6.07, 6.45) is 1.78. The molecule has 19 heavy (non-hydrogen) atoms. The van der Waals surface area contributed by atoms with Crippen molar-refractivity contribution in [2.75, 3.05) is 32.8 Å². The Bertz CT molecular complexity index is 487. The molecule has 3 rings (SSSR count). The number of rotatable bonds is 3. The Kier molecular flexibility index (Phi) is 3.16. The fourth-order valence-corrected chi connectivity index (χ4v) is 2.15. The summed E-state index contributed by atoms with van der Waals surface area (Å²) in [6.45, 7) is 2.62. The van der Waals surface area contributed by atoms with Crippen LogP contribution in [0.5, 0.6) is 0 Å². The van der Waals surface area contributed by atoms with Gasteiger partial charge in [-0.15, -0.1) is 0 Å².